The van der Waals surface area contributed by atoms with Gasteiger partial charge in [-0.15, -0.1) is 0 Å². The number of aromatic nitrogens is 2. The summed E-state index contributed by atoms with van der Waals surface area (Å²) in [7, 11) is -3.39. The first-order valence-corrected chi connectivity index (χ1v) is 7.26. The molecule has 1 N–H and O–H groups in total. The van der Waals surface area contributed by atoms with Gasteiger partial charge in [-0.3, -0.25) is 0 Å². The van der Waals surface area contributed by atoms with Gasteiger partial charge in [0, 0.05) is 6.26 Å². The smallest absolute Gasteiger partial charge is 0.264 e. The van der Waals surface area contributed by atoms with Crippen LogP contribution in [0.3, 0.4) is 0 Å². The van der Waals surface area contributed by atoms with Gasteiger partial charge < -0.3 is 9.63 Å². The van der Waals surface area contributed by atoms with Gasteiger partial charge >= 0.3 is 0 Å². The van der Waals surface area contributed by atoms with Crippen LogP contribution in [0.4, 0.5) is 4.39 Å². The van der Waals surface area contributed by atoms with Crippen molar-refractivity contribution in [3.05, 3.63) is 29.8 Å². The lowest BCUT2D eigenvalue weighted by Gasteiger charge is -2.02. The fourth-order valence-electron chi connectivity index (χ4n) is 1.42. The van der Waals surface area contributed by atoms with Crippen molar-refractivity contribution in [2.24, 2.45) is 0 Å². The van der Waals surface area contributed by atoms with Gasteiger partial charge in [-0.05, 0) is 19.1 Å². The third kappa shape index (κ3) is 2.58. The van der Waals surface area contributed by atoms with Crippen molar-refractivity contribution >= 4 is 9.84 Å². The monoisotopic (exact) mass is 286 g/mol. The highest BCUT2D eigenvalue weighted by molar-refractivity contribution is 7.90. The highest BCUT2D eigenvalue weighted by Gasteiger charge is 2.25. The van der Waals surface area contributed by atoms with Crippen LogP contribution in [0.1, 0.15) is 18.0 Å². The number of halogens is 1. The molecular formula is C11H11FN2O4S. The Bertz CT molecular complexity index is 691. The Kier molecular flexibility index (Phi) is 3.27. The molecule has 0 saturated carbocycles. The van der Waals surface area contributed by atoms with E-state index < -0.39 is 20.9 Å². The van der Waals surface area contributed by atoms with E-state index in [4.69, 9.17) is 4.52 Å². The van der Waals surface area contributed by atoms with E-state index in [0.29, 0.717) is 0 Å². The number of sulfone groups is 1. The van der Waals surface area contributed by atoms with E-state index in [9.17, 15) is 17.9 Å². The first kappa shape index (κ1) is 13.5. The van der Waals surface area contributed by atoms with Crippen LogP contribution < -0.4 is 0 Å². The third-order valence-corrected chi connectivity index (χ3v) is 4.15. The zero-order valence-electron chi connectivity index (χ0n) is 10.2. The number of benzene rings is 1. The Hall–Kier alpha value is -1.96. The fraction of sp³-hybridized carbons (Fsp3) is 0.273. The Balaban J connectivity index is 2.48. The Labute approximate surface area is 108 Å². The molecule has 8 heteroatoms. The van der Waals surface area contributed by atoms with Gasteiger partial charge in [-0.1, -0.05) is 11.2 Å². The summed E-state index contributed by atoms with van der Waals surface area (Å²) in [6.07, 6.45) is 1.04. The number of phenols is 1. The maximum Gasteiger partial charge on any atom is 0.264 e. The molecule has 0 aliphatic rings. The lowest BCUT2D eigenvalue weighted by Crippen LogP contribution is -2.09. The molecule has 0 aliphatic heterocycles. The number of nitrogens with zero attached hydrogens (tertiary/aromatic N) is 2. The van der Waals surface area contributed by atoms with Crippen LogP contribution in [0.15, 0.2) is 22.7 Å². The summed E-state index contributed by atoms with van der Waals surface area (Å²) in [6, 6.07) is 3.71. The Morgan fingerprint density at radius 2 is 2.11 bits per heavy atom. The highest BCUT2D eigenvalue weighted by Crippen LogP contribution is 2.31. The second-order valence-corrected chi connectivity index (χ2v) is 6.43. The predicted octanol–water partition coefficient (Wildman–Crippen LogP) is 1.69. The molecule has 0 aliphatic carbocycles. The van der Waals surface area contributed by atoms with Gasteiger partial charge in [0.25, 0.3) is 5.89 Å². The maximum absolute atomic E-state index is 13.6. The van der Waals surface area contributed by atoms with Gasteiger partial charge in [0.05, 0.1) is 0 Å². The second kappa shape index (κ2) is 4.61. The minimum Gasteiger partial charge on any atom is -0.507 e. The Morgan fingerprint density at radius 1 is 1.42 bits per heavy atom. The summed E-state index contributed by atoms with van der Waals surface area (Å²) < 4.78 is 41.1. The molecule has 2 aromatic rings. The molecule has 0 fully saturated rings. The van der Waals surface area contributed by atoms with Crippen molar-refractivity contribution in [3.8, 4) is 17.2 Å². The number of hydrogen-bond donors (Lipinski definition) is 1. The molecule has 102 valence electrons. The molecule has 1 heterocycles. The molecular weight excluding hydrogens is 275 g/mol. The SMILES string of the molecule is CC(c1noc(-c2c(O)cccc2F)n1)S(C)(=O)=O. The molecule has 0 bridgehead atoms. The molecule has 1 aromatic heterocycles. The van der Waals surface area contributed by atoms with E-state index in [1.165, 1.54) is 19.1 Å². The highest BCUT2D eigenvalue weighted by atomic mass is 32.2. The van der Waals surface area contributed by atoms with Gasteiger partial charge in [-0.2, -0.15) is 4.98 Å². The van der Waals surface area contributed by atoms with Crippen LogP contribution in [-0.2, 0) is 9.84 Å². The first-order valence-electron chi connectivity index (χ1n) is 5.31. The number of phenolic OH excluding ortho intramolecular Hbond substituents is 1. The predicted molar refractivity (Wildman–Crippen MR) is 64.6 cm³/mol. The van der Waals surface area contributed by atoms with E-state index in [2.05, 4.69) is 10.1 Å². The van der Waals surface area contributed by atoms with Crippen molar-refractivity contribution < 1.29 is 22.4 Å². The van der Waals surface area contributed by atoms with Gasteiger partial charge in [-0.25, -0.2) is 12.8 Å². The summed E-state index contributed by atoms with van der Waals surface area (Å²) >= 11 is 0. The lowest BCUT2D eigenvalue weighted by atomic mass is 10.2. The topological polar surface area (TPSA) is 93.3 Å². The average molecular weight is 286 g/mol. The summed E-state index contributed by atoms with van der Waals surface area (Å²) in [5, 5.41) is 12.1. The minimum atomic E-state index is -3.39. The van der Waals surface area contributed by atoms with Gasteiger partial charge in [0.1, 0.15) is 22.4 Å². The minimum absolute atomic E-state index is 0.0832. The van der Waals surface area contributed by atoms with Crippen LogP contribution in [0, 0.1) is 5.82 Å². The average Bonchev–Trinajstić information content (AvgIpc) is 2.75. The first-order chi connectivity index (χ1) is 8.80. The molecule has 0 amide bonds. The molecule has 0 radical (unpaired) electrons. The van der Waals surface area contributed by atoms with Crippen LogP contribution in [0.25, 0.3) is 11.5 Å². The molecule has 1 unspecified atom stereocenters. The largest absolute Gasteiger partial charge is 0.507 e. The molecule has 0 saturated heterocycles. The molecule has 1 aromatic carbocycles. The summed E-state index contributed by atoms with van der Waals surface area (Å²) in [5.74, 6) is -1.44. The van der Waals surface area contributed by atoms with Crippen LogP contribution in [0.5, 0.6) is 5.75 Å². The standard InChI is InChI=1S/C11H11FN2O4S/c1-6(19(2,16)17)10-13-11(18-14-10)9-7(12)4-3-5-8(9)15/h3-6,15H,1-2H3. The van der Waals surface area contributed by atoms with Gasteiger partial charge in [0.2, 0.25) is 0 Å². The van der Waals surface area contributed by atoms with E-state index in [0.717, 1.165) is 12.3 Å². The van der Waals surface area contributed by atoms with E-state index in [1.54, 1.807) is 0 Å². The summed E-state index contributed by atoms with van der Waals surface area (Å²) in [4.78, 5) is 3.81. The van der Waals surface area contributed by atoms with Crippen LogP contribution in [-0.4, -0.2) is 29.9 Å². The molecule has 19 heavy (non-hydrogen) atoms. The Morgan fingerprint density at radius 3 is 2.68 bits per heavy atom. The van der Waals surface area contributed by atoms with Crippen LogP contribution in [0.2, 0.25) is 0 Å². The lowest BCUT2D eigenvalue weighted by molar-refractivity contribution is 0.413. The second-order valence-electron chi connectivity index (χ2n) is 4.06. The van der Waals surface area contributed by atoms with Crippen molar-refractivity contribution in [1.29, 1.82) is 0 Å². The fourth-order valence-corrected chi connectivity index (χ4v) is 1.90. The zero-order chi connectivity index (χ0) is 14.2. The molecule has 6 nitrogen and oxygen atoms in total. The number of aromatic hydroxyl groups is 1. The van der Waals surface area contributed by atoms with E-state index >= 15 is 0 Å². The zero-order valence-corrected chi connectivity index (χ0v) is 11.0. The van der Waals surface area contributed by atoms with Crippen molar-refractivity contribution in [3.63, 3.8) is 0 Å². The van der Waals surface area contributed by atoms with Gasteiger partial charge in [0.15, 0.2) is 15.7 Å². The summed E-state index contributed by atoms with van der Waals surface area (Å²) in [5.41, 5.74) is -0.248. The van der Waals surface area contributed by atoms with E-state index in [-0.39, 0.29) is 23.0 Å². The molecule has 0 spiro atoms. The molecule has 1 atom stereocenters. The summed E-state index contributed by atoms with van der Waals surface area (Å²) in [6.45, 7) is 1.39. The number of rotatable bonds is 3. The number of hydrogen-bond acceptors (Lipinski definition) is 6. The van der Waals surface area contributed by atoms with E-state index in [1.807, 2.05) is 0 Å². The normalized spacial score (nSPS) is 13.4. The third-order valence-electron chi connectivity index (χ3n) is 2.65. The quantitative estimate of drug-likeness (QED) is 0.922. The van der Waals surface area contributed by atoms with Crippen molar-refractivity contribution in [1.82, 2.24) is 10.1 Å². The maximum atomic E-state index is 13.6. The van der Waals surface area contributed by atoms with Crippen molar-refractivity contribution in [2.45, 2.75) is 12.2 Å². The van der Waals surface area contributed by atoms with Crippen LogP contribution >= 0.6 is 0 Å². The molecule has 2 rings (SSSR count). The van der Waals surface area contributed by atoms with Crippen molar-refractivity contribution in [2.75, 3.05) is 6.26 Å².